The number of carbonyl (C=O) groups excluding carboxylic acids is 1. The fourth-order valence-electron chi connectivity index (χ4n) is 3.48. The van der Waals surface area contributed by atoms with Crippen molar-refractivity contribution in [3.63, 3.8) is 0 Å². The van der Waals surface area contributed by atoms with Gasteiger partial charge in [0.15, 0.2) is 0 Å². The minimum atomic E-state index is -0.0794. The first-order valence-electron chi connectivity index (χ1n) is 8.30. The van der Waals surface area contributed by atoms with Crippen molar-refractivity contribution in [2.24, 2.45) is 0 Å². The lowest BCUT2D eigenvalue weighted by atomic mass is 10.1. The highest BCUT2D eigenvalue weighted by molar-refractivity contribution is 5.84. The minimum Gasteiger partial charge on any atom is -0.381 e. The Bertz CT molecular complexity index is 680. The second-order valence-corrected chi connectivity index (χ2v) is 6.29. The van der Waals surface area contributed by atoms with Crippen molar-refractivity contribution in [1.29, 1.82) is 0 Å². The number of nitrogens with one attached hydrogen (secondary N) is 3. The maximum Gasteiger partial charge on any atom is 0.315 e. The molecule has 0 spiro atoms. The van der Waals surface area contributed by atoms with Gasteiger partial charge in [-0.05, 0) is 44.2 Å². The molecule has 0 aliphatic heterocycles. The molecule has 3 N–H and O–H groups in total. The van der Waals surface area contributed by atoms with Crippen LogP contribution in [0.5, 0.6) is 0 Å². The van der Waals surface area contributed by atoms with Gasteiger partial charge in [0.1, 0.15) is 0 Å². The number of para-hydroxylation sites is 1. The molecular weight excluding hydrogens is 290 g/mol. The van der Waals surface area contributed by atoms with Gasteiger partial charge < -0.3 is 20.4 Å². The molecule has 3 rings (SSSR count). The van der Waals surface area contributed by atoms with Crippen LogP contribution in [-0.4, -0.2) is 36.8 Å². The molecule has 1 aromatic heterocycles. The zero-order valence-corrected chi connectivity index (χ0v) is 13.8. The van der Waals surface area contributed by atoms with Crippen molar-refractivity contribution >= 4 is 16.9 Å². The third-order valence-corrected chi connectivity index (χ3v) is 4.74. The molecule has 2 atom stereocenters. The fraction of sp³-hybridized carbons (Fsp3) is 0.500. The molecule has 1 fully saturated rings. The van der Waals surface area contributed by atoms with Crippen molar-refractivity contribution in [3.8, 4) is 0 Å². The van der Waals surface area contributed by atoms with Crippen LogP contribution in [0.1, 0.15) is 30.5 Å². The summed E-state index contributed by atoms with van der Waals surface area (Å²) in [6.07, 6.45) is 4.04. The highest BCUT2D eigenvalue weighted by Gasteiger charge is 2.25. The number of ether oxygens (including phenoxy) is 1. The Balaban J connectivity index is 1.49. The van der Waals surface area contributed by atoms with Crippen LogP contribution in [0.4, 0.5) is 4.79 Å². The fourth-order valence-corrected chi connectivity index (χ4v) is 3.48. The third-order valence-electron chi connectivity index (χ3n) is 4.74. The van der Waals surface area contributed by atoms with Crippen LogP contribution in [0.25, 0.3) is 10.9 Å². The predicted octanol–water partition coefficient (Wildman–Crippen LogP) is 2.89. The van der Waals surface area contributed by atoms with E-state index in [1.807, 2.05) is 12.1 Å². The average molecular weight is 315 g/mol. The molecule has 0 bridgehead atoms. The summed E-state index contributed by atoms with van der Waals surface area (Å²) >= 11 is 0. The van der Waals surface area contributed by atoms with E-state index in [-0.39, 0.29) is 18.2 Å². The van der Waals surface area contributed by atoms with Gasteiger partial charge in [-0.25, -0.2) is 4.79 Å². The Labute approximate surface area is 136 Å². The highest BCUT2D eigenvalue weighted by Crippen LogP contribution is 2.22. The van der Waals surface area contributed by atoms with Crippen LogP contribution >= 0.6 is 0 Å². The van der Waals surface area contributed by atoms with Crippen LogP contribution in [0.3, 0.4) is 0 Å². The topological polar surface area (TPSA) is 66.2 Å². The number of fused-ring (bicyclic) bond motifs is 1. The highest BCUT2D eigenvalue weighted by atomic mass is 16.5. The molecule has 0 saturated heterocycles. The van der Waals surface area contributed by atoms with Crippen molar-refractivity contribution in [1.82, 2.24) is 15.6 Å². The second-order valence-electron chi connectivity index (χ2n) is 6.29. The molecule has 0 radical (unpaired) electrons. The number of H-pyrrole nitrogens is 1. The molecular formula is C18H25N3O2. The maximum atomic E-state index is 12.0. The van der Waals surface area contributed by atoms with Gasteiger partial charge in [0.25, 0.3) is 0 Å². The van der Waals surface area contributed by atoms with Crippen LogP contribution < -0.4 is 10.6 Å². The monoisotopic (exact) mass is 315 g/mol. The largest absolute Gasteiger partial charge is 0.381 e. The van der Waals surface area contributed by atoms with Crippen molar-refractivity contribution in [3.05, 3.63) is 35.5 Å². The molecule has 0 unspecified atom stereocenters. The number of hydrogen-bond acceptors (Lipinski definition) is 2. The van der Waals surface area contributed by atoms with E-state index >= 15 is 0 Å². The SMILES string of the molecule is CO[C@H]1CC[C@@H](NC(=O)NCCc2c(C)[nH]c3ccccc23)C1. The number of methoxy groups -OCH3 is 1. The maximum absolute atomic E-state index is 12.0. The molecule has 1 heterocycles. The van der Waals surface area contributed by atoms with Gasteiger partial charge in [-0.15, -0.1) is 0 Å². The summed E-state index contributed by atoms with van der Waals surface area (Å²) in [5.74, 6) is 0. The van der Waals surface area contributed by atoms with Gasteiger partial charge in [0, 0.05) is 36.3 Å². The van der Waals surface area contributed by atoms with Gasteiger partial charge in [-0.1, -0.05) is 18.2 Å². The van der Waals surface area contributed by atoms with Gasteiger partial charge in [-0.3, -0.25) is 0 Å². The number of hydrogen-bond donors (Lipinski definition) is 3. The van der Waals surface area contributed by atoms with E-state index in [2.05, 4.69) is 34.7 Å². The summed E-state index contributed by atoms with van der Waals surface area (Å²) in [5.41, 5.74) is 3.61. The molecule has 2 amide bonds. The van der Waals surface area contributed by atoms with Gasteiger partial charge in [0.2, 0.25) is 0 Å². The van der Waals surface area contributed by atoms with Crippen molar-refractivity contribution in [2.45, 2.75) is 44.8 Å². The first kappa shape index (κ1) is 15.9. The Morgan fingerprint density at radius 2 is 2.17 bits per heavy atom. The lowest BCUT2D eigenvalue weighted by Crippen LogP contribution is -2.42. The van der Waals surface area contributed by atoms with Gasteiger partial charge >= 0.3 is 6.03 Å². The smallest absolute Gasteiger partial charge is 0.315 e. The van der Waals surface area contributed by atoms with E-state index in [4.69, 9.17) is 4.74 Å². The number of amides is 2. The number of aromatic amines is 1. The molecule has 1 saturated carbocycles. The first-order chi connectivity index (χ1) is 11.2. The minimum absolute atomic E-state index is 0.0794. The molecule has 1 aliphatic rings. The molecule has 2 aromatic rings. The predicted molar refractivity (Wildman–Crippen MR) is 91.7 cm³/mol. The van der Waals surface area contributed by atoms with Crippen LogP contribution in [0, 0.1) is 6.92 Å². The summed E-state index contributed by atoms with van der Waals surface area (Å²) in [4.78, 5) is 15.4. The zero-order chi connectivity index (χ0) is 16.2. The van der Waals surface area contributed by atoms with E-state index in [0.717, 1.165) is 31.2 Å². The standard InChI is InChI=1S/C18H25N3O2/c1-12-15(16-5-3-4-6-17(16)20-12)9-10-19-18(22)21-13-7-8-14(11-13)23-2/h3-6,13-14,20H,7-11H2,1-2H3,(H2,19,21,22)/t13-,14+/m1/s1. The number of aromatic nitrogens is 1. The summed E-state index contributed by atoms with van der Waals surface area (Å²) in [6.45, 7) is 2.72. The Kier molecular flexibility index (Phi) is 4.86. The van der Waals surface area contributed by atoms with E-state index < -0.39 is 0 Å². The number of benzene rings is 1. The van der Waals surface area contributed by atoms with Crippen LogP contribution in [0.2, 0.25) is 0 Å². The number of carbonyl (C=O) groups is 1. The first-order valence-corrected chi connectivity index (χ1v) is 8.30. The number of urea groups is 1. The lowest BCUT2D eigenvalue weighted by Gasteiger charge is -2.14. The Morgan fingerprint density at radius 1 is 1.35 bits per heavy atom. The molecule has 124 valence electrons. The van der Waals surface area contributed by atoms with E-state index in [1.165, 1.54) is 16.6 Å². The summed E-state index contributed by atoms with van der Waals surface area (Å²) in [7, 11) is 1.73. The van der Waals surface area contributed by atoms with E-state index in [0.29, 0.717) is 6.54 Å². The summed E-state index contributed by atoms with van der Waals surface area (Å²) in [5, 5.41) is 7.25. The molecule has 1 aromatic carbocycles. The second kappa shape index (κ2) is 7.04. The molecule has 23 heavy (non-hydrogen) atoms. The molecule has 5 heteroatoms. The van der Waals surface area contributed by atoms with E-state index in [1.54, 1.807) is 7.11 Å². The van der Waals surface area contributed by atoms with Crippen LogP contribution in [-0.2, 0) is 11.2 Å². The normalized spacial score (nSPS) is 20.8. The molecule has 1 aliphatic carbocycles. The average Bonchev–Trinajstić information content (AvgIpc) is 3.12. The Morgan fingerprint density at radius 3 is 2.96 bits per heavy atom. The van der Waals surface area contributed by atoms with E-state index in [9.17, 15) is 4.79 Å². The van der Waals surface area contributed by atoms with Crippen molar-refractivity contribution < 1.29 is 9.53 Å². The van der Waals surface area contributed by atoms with Crippen molar-refractivity contribution in [2.75, 3.05) is 13.7 Å². The quantitative estimate of drug-likeness (QED) is 0.794. The number of aryl methyl sites for hydroxylation is 1. The van der Waals surface area contributed by atoms with Gasteiger partial charge in [0.05, 0.1) is 6.10 Å². The summed E-state index contributed by atoms with van der Waals surface area (Å²) in [6, 6.07) is 8.43. The third kappa shape index (κ3) is 3.67. The zero-order valence-electron chi connectivity index (χ0n) is 13.8. The Hall–Kier alpha value is -2.01. The lowest BCUT2D eigenvalue weighted by molar-refractivity contribution is 0.107. The molecule has 5 nitrogen and oxygen atoms in total. The summed E-state index contributed by atoms with van der Waals surface area (Å²) < 4.78 is 5.33. The number of rotatable bonds is 5. The van der Waals surface area contributed by atoms with Gasteiger partial charge in [-0.2, -0.15) is 0 Å². The van der Waals surface area contributed by atoms with Crippen LogP contribution in [0.15, 0.2) is 24.3 Å².